The number of rotatable bonds is 4. The zero-order valence-electron chi connectivity index (χ0n) is 10.0. The van der Waals surface area contributed by atoms with Crippen molar-refractivity contribution in [1.82, 2.24) is 4.31 Å². The predicted molar refractivity (Wildman–Crippen MR) is 72.4 cm³/mol. The number of hydrogen-bond acceptors (Lipinski definition) is 3. The van der Waals surface area contributed by atoms with Crippen LogP contribution in [0.2, 0.25) is 0 Å². The molecule has 0 aliphatic heterocycles. The van der Waals surface area contributed by atoms with Crippen LogP contribution in [0.5, 0.6) is 0 Å². The molecule has 0 amide bonds. The summed E-state index contributed by atoms with van der Waals surface area (Å²) in [7, 11) is -1.93. The molecule has 0 bridgehead atoms. The molecule has 0 aromatic heterocycles. The smallest absolute Gasteiger partial charge is 0.243 e. The molecule has 0 saturated heterocycles. The average molecular weight is 272 g/mol. The van der Waals surface area contributed by atoms with Gasteiger partial charge in [0.25, 0.3) is 0 Å². The summed E-state index contributed by atoms with van der Waals surface area (Å²) in [5.74, 6) is 0. The highest BCUT2D eigenvalue weighted by atomic mass is 32.2. The second-order valence-corrected chi connectivity index (χ2v) is 6.44. The minimum Gasteiger partial charge on any atom is -0.389 e. The molecule has 0 radical (unpaired) electrons. The van der Waals surface area contributed by atoms with E-state index in [4.69, 9.17) is 18.0 Å². The van der Waals surface area contributed by atoms with Crippen molar-refractivity contribution in [3.05, 3.63) is 29.8 Å². The molecule has 6 heteroatoms. The molecular formula is C11H16N2O2S2. The van der Waals surface area contributed by atoms with Gasteiger partial charge in [0, 0.05) is 18.7 Å². The van der Waals surface area contributed by atoms with Gasteiger partial charge < -0.3 is 5.73 Å². The summed E-state index contributed by atoms with van der Waals surface area (Å²) >= 11 is 4.83. The Balaban J connectivity index is 3.25. The van der Waals surface area contributed by atoms with Gasteiger partial charge in [-0.3, -0.25) is 0 Å². The van der Waals surface area contributed by atoms with Gasteiger partial charge in [-0.05, 0) is 26.0 Å². The van der Waals surface area contributed by atoms with Gasteiger partial charge >= 0.3 is 0 Å². The average Bonchev–Trinajstić information content (AvgIpc) is 2.28. The van der Waals surface area contributed by atoms with Crippen LogP contribution in [0.25, 0.3) is 0 Å². The maximum Gasteiger partial charge on any atom is 0.243 e. The maximum atomic E-state index is 12.2. The minimum atomic E-state index is -3.48. The zero-order chi connectivity index (χ0) is 13.2. The molecule has 94 valence electrons. The third kappa shape index (κ3) is 3.02. The van der Waals surface area contributed by atoms with E-state index in [2.05, 4.69) is 0 Å². The van der Waals surface area contributed by atoms with Crippen molar-refractivity contribution < 1.29 is 8.42 Å². The first-order chi connectivity index (χ1) is 7.76. The van der Waals surface area contributed by atoms with E-state index in [1.807, 2.05) is 13.8 Å². The highest BCUT2D eigenvalue weighted by molar-refractivity contribution is 7.89. The lowest BCUT2D eigenvalue weighted by Gasteiger charge is -2.21. The topological polar surface area (TPSA) is 63.4 Å². The van der Waals surface area contributed by atoms with Gasteiger partial charge in [0.2, 0.25) is 10.0 Å². The van der Waals surface area contributed by atoms with E-state index in [0.29, 0.717) is 5.56 Å². The molecule has 0 atom stereocenters. The molecule has 1 aromatic carbocycles. The van der Waals surface area contributed by atoms with Crippen molar-refractivity contribution in [1.29, 1.82) is 0 Å². The Morgan fingerprint density at radius 3 is 2.47 bits per heavy atom. The molecule has 1 rings (SSSR count). The molecule has 0 fully saturated rings. The second kappa shape index (κ2) is 5.12. The van der Waals surface area contributed by atoms with Gasteiger partial charge in [0.15, 0.2) is 0 Å². The Labute approximate surface area is 107 Å². The lowest BCUT2D eigenvalue weighted by Crippen LogP contribution is -2.33. The van der Waals surface area contributed by atoms with Gasteiger partial charge in [0.05, 0.1) is 4.90 Å². The zero-order valence-corrected chi connectivity index (χ0v) is 11.7. The maximum absolute atomic E-state index is 12.2. The summed E-state index contributed by atoms with van der Waals surface area (Å²) in [5.41, 5.74) is 6.04. The van der Waals surface area contributed by atoms with Gasteiger partial charge in [0.1, 0.15) is 4.99 Å². The summed E-state index contributed by atoms with van der Waals surface area (Å²) in [6.07, 6.45) is 0. The fraction of sp³-hybridized carbons (Fsp3) is 0.364. The van der Waals surface area contributed by atoms with Crippen LogP contribution in [-0.2, 0) is 10.0 Å². The lowest BCUT2D eigenvalue weighted by molar-refractivity contribution is 0.410. The number of nitrogens with two attached hydrogens (primary N) is 1. The number of sulfonamides is 1. The fourth-order valence-electron chi connectivity index (χ4n) is 1.25. The summed E-state index contributed by atoms with van der Waals surface area (Å²) in [6.45, 7) is 3.63. The quantitative estimate of drug-likeness (QED) is 0.840. The Bertz CT molecular complexity index is 524. The molecule has 4 nitrogen and oxygen atoms in total. The van der Waals surface area contributed by atoms with Gasteiger partial charge in [-0.2, -0.15) is 4.31 Å². The van der Waals surface area contributed by atoms with Crippen molar-refractivity contribution in [2.75, 3.05) is 7.05 Å². The summed E-state index contributed by atoms with van der Waals surface area (Å²) in [6, 6.07) is 6.26. The van der Waals surface area contributed by atoms with Crippen molar-refractivity contribution in [3.8, 4) is 0 Å². The summed E-state index contributed by atoms with van der Waals surface area (Å²) in [5, 5.41) is 0. The predicted octanol–water partition coefficient (Wildman–Crippen LogP) is 1.35. The van der Waals surface area contributed by atoms with Gasteiger partial charge in [-0.1, -0.05) is 24.4 Å². The minimum absolute atomic E-state index is 0.103. The first-order valence-corrected chi connectivity index (χ1v) is 6.99. The fourth-order valence-corrected chi connectivity index (χ4v) is 2.79. The molecule has 0 saturated carbocycles. The number of thiocarbonyl (C=S) groups is 1. The summed E-state index contributed by atoms with van der Waals surface area (Å²) in [4.78, 5) is 0.397. The van der Waals surface area contributed by atoms with E-state index in [1.54, 1.807) is 19.2 Å². The molecular weight excluding hydrogens is 256 g/mol. The highest BCUT2D eigenvalue weighted by Crippen LogP contribution is 2.17. The van der Waals surface area contributed by atoms with E-state index < -0.39 is 10.0 Å². The normalized spacial score (nSPS) is 12.1. The van der Waals surface area contributed by atoms with E-state index >= 15 is 0 Å². The molecule has 0 unspecified atom stereocenters. The van der Waals surface area contributed by atoms with Crippen molar-refractivity contribution in [2.24, 2.45) is 5.73 Å². The van der Waals surface area contributed by atoms with Crippen molar-refractivity contribution in [2.45, 2.75) is 24.8 Å². The second-order valence-electron chi connectivity index (χ2n) is 4.01. The molecule has 17 heavy (non-hydrogen) atoms. The lowest BCUT2D eigenvalue weighted by atomic mass is 10.2. The number of nitrogens with zero attached hydrogens (tertiary/aromatic N) is 1. The Morgan fingerprint density at radius 2 is 2.00 bits per heavy atom. The standard InChI is InChI=1S/C11H16N2O2S2/c1-8(2)13(3)17(14,15)10-6-4-5-9(7-10)11(12)16/h4-8H,1-3H3,(H2,12,16). The highest BCUT2D eigenvalue weighted by Gasteiger charge is 2.23. The third-order valence-electron chi connectivity index (χ3n) is 2.52. The van der Waals surface area contributed by atoms with Crippen LogP contribution in [0.15, 0.2) is 29.2 Å². The van der Waals surface area contributed by atoms with Crippen molar-refractivity contribution >= 4 is 27.2 Å². The first-order valence-electron chi connectivity index (χ1n) is 5.14. The molecule has 0 heterocycles. The molecule has 1 aromatic rings. The van der Waals surface area contributed by atoms with Crippen LogP contribution in [0.3, 0.4) is 0 Å². The Kier molecular flexibility index (Phi) is 4.24. The third-order valence-corrected chi connectivity index (χ3v) is 4.79. The van der Waals surface area contributed by atoms with Gasteiger partial charge in [-0.15, -0.1) is 0 Å². The number of hydrogen-bond donors (Lipinski definition) is 1. The molecule has 2 N–H and O–H groups in total. The molecule has 0 aliphatic rings. The first kappa shape index (κ1) is 14.1. The van der Waals surface area contributed by atoms with E-state index in [9.17, 15) is 8.42 Å². The SMILES string of the molecule is CC(C)N(C)S(=O)(=O)c1cccc(C(N)=S)c1. The van der Waals surface area contributed by atoms with E-state index in [0.717, 1.165) is 0 Å². The van der Waals surface area contributed by atoms with Crippen LogP contribution in [0.1, 0.15) is 19.4 Å². The van der Waals surface area contributed by atoms with Gasteiger partial charge in [-0.25, -0.2) is 8.42 Å². The largest absolute Gasteiger partial charge is 0.389 e. The van der Waals surface area contributed by atoms with Crippen LogP contribution >= 0.6 is 12.2 Å². The number of benzene rings is 1. The van der Waals surface area contributed by atoms with Crippen LogP contribution in [0.4, 0.5) is 0 Å². The monoisotopic (exact) mass is 272 g/mol. The molecule has 0 aliphatic carbocycles. The summed E-state index contributed by atoms with van der Waals surface area (Å²) < 4.78 is 25.7. The Morgan fingerprint density at radius 1 is 1.41 bits per heavy atom. The molecule has 0 spiro atoms. The Hall–Kier alpha value is -0.980. The van der Waals surface area contributed by atoms with Crippen LogP contribution in [-0.4, -0.2) is 30.8 Å². The van der Waals surface area contributed by atoms with E-state index in [1.165, 1.54) is 16.4 Å². The van der Waals surface area contributed by atoms with Crippen molar-refractivity contribution in [3.63, 3.8) is 0 Å². The van der Waals surface area contributed by atoms with E-state index in [-0.39, 0.29) is 15.9 Å². The van der Waals surface area contributed by atoms with Crippen LogP contribution in [0, 0.1) is 0 Å². The van der Waals surface area contributed by atoms with Crippen LogP contribution < -0.4 is 5.73 Å².